The minimum atomic E-state index is -0.00447. The standard InChI is InChI=1S/C10H15BrN2OS/c1-2-4-12-5-6-13-10(14)9-8(11)3-7-15-9/h3,7,12H,2,4-6H2,1H3,(H,13,14). The molecule has 5 heteroatoms. The summed E-state index contributed by atoms with van der Waals surface area (Å²) in [6.07, 6.45) is 1.12. The van der Waals surface area contributed by atoms with Gasteiger partial charge in [0.1, 0.15) is 4.88 Å². The molecule has 1 rings (SSSR count). The van der Waals surface area contributed by atoms with Gasteiger partial charge in [0.2, 0.25) is 0 Å². The van der Waals surface area contributed by atoms with E-state index in [1.165, 1.54) is 11.3 Å². The zero-order valence-corrected chi connectivity index (χ0v) is 11.1. The maximum atomic E-state index is 11.6. The van der Waals surface area contributed by atoms with Crippen LogP contribution in [0.1, 0.15) is 23.0 Å². The van der Waals surface area contributed by atoms with Gasteiger partial charge in [-0.2, -0.15) is 0 Å². The van der Waals surface area contributed by atoms with E-state index in [-0.39, 0.29) is 5.91 Å². The van der Waals surface area contributed by atoms with Gasteiger partial charge in [-0.15, -0.1) is 11.3 Å². The Labute approximate surface area is 102 Å². The van der Waals surface area contributed by atoms with E-state index in [9.17, 15) is 4.79 Å². The number of hydrogen-bond donors (Lipinski definition) is 2. The van der Waals surface area contributed by atoms with Gasteiger partial charge in [0.05, 0.1) is 0 Å². The molecule has 0 aliphatic carbocycles. The summed E-state index contributed by atoms with van der Waals surface area (Å²) in [6, 6.07) is 1.88. The van der Waals surface area contributed by atoms with E-state index in [4.69, 9.17) is 0 Å². The third kappa shape index (κ3) is 4.32. The largest absolute Gasteiger partial charge is 0.350 e. The van der Waals surface area contributed by atoms with Crippen LogP contribution in [0.4, 0.5) is 0 Å². The predicted octanol–water partition coefficient (Wildman–Crippen LogP) is 2.24. The van der Waals surface area contributed by atoms with Crippen molar-refractivity contribution in [1.82, 2.24) is 10.6 Å². The SMILES string of the molecule is CCCNCCNC(=O)c1sccc1Br. The highest BCUT2D eigenvalue weighted by Gasteiger charge is 2.09. The number of thiophene rings is 1. The van der Waals surface area contributed by atoms with Crippen molar-refractivity contribution in [3.05, 3.63) is 20.8 Å². The van der Waals surface area contributed by atoms with Crippen LogP contribution in [0.25, 0.3) is 0 Å². The summed E-state index contributed by atoms with van der Waals surface area (Å²) >= 11 is 4.78. The van der Waals surface area contributed by atoms with Gasteiger partial charge in [-0.3, -0.25) is 4.79 Å². The number of carbonyl (C=O) groups is 1. The van der Waals surface area contributed by atoms with Crippen LogP contribution in [0.15, 0.2) is 15.9 Å². The lowest BCUT2D eigenvalue weighted by atomic mass is 10.4. The molecule has 0 atom stereocenters. The summed E-state index contributed by atoms with van der Waals surface area (Å²) < 4.78 is 0.867. The van der Waals surface area contributed by atoms with Gasteiger partial charge < -0.3 is 10.6 Å². The third-order valence-corrected chi connectivity index (χ3v) is 3.67. The van der Waals surface area contributed by atoms with Crippen LogP contribution in [0.3, 0.4) is 0 Å². The molecule has 0 bridgehead atoms. The first-order valence-electron chi connectivity index (χ1n) is 4.97. The normalized spacial score (nSPS) is 10.3. The van der Waals surface area contributed by atoms with Crippen molar-refractivity contribution in [1.29, 1.82) is 0 Å². The molecular formula is C10H15BrN2OS. The molecule has 0 aromatic carbocycles. The lowest BCUT2D eigenvalue weighted by molar-refractivity contribution is 0.0957. The lowest BCUT2D eigenvalue weighted by Gasteiger charge is -2.04. The number of nitrogens with one attached hydrogen (secondary N) is 2. The average Bonchev–Trinajstić information content (AvgIpc) is 2.64. The van der Waals surface area contributed by atoms with Crippen molar-refractivity contribution in [3.8, 4) is 0 Å². The maximum Gasteiger partial charge on any atom is 0.262 e. The first-order valence-corrected chi connectivity index (χ1v) is 6.65. The molecule has 84 valence electrons. The summed E-state index contributed by atoms with van der Waals surface area (Å²) in [7, 11) is 0. The molecule has 0 unspecified atom stereocenters. The molecule has 1 aromatic rings. The van der Waals surface area contributed by atoms with Gasteiger partial charge in [0.25, 0.3) is 5.91 Å². The quantitative estimate of drug-likeness (QED) is 0.789. The van der Waals surface area contributed by atoms with Crippen LogP contribution >= 0.6 is 27.3 Å². The van der Waals surface area contributed by atoms with Crippen molar-refractivity contribution in [3.63, 3.8) is 0 Å². The molecular weight excluding hydrogens is 276 g/mol. The average molecular weight is 291 g/mol. The van der Waals surface area contributed by atoms with Crippen LogP contribution in [-0.4, -0.2) is 25.5 Å². The Bertz CT molecular complexity index is 314. The van der Waals surface area contributed by atoms with Crippen molar-refractivity contribution in [2.45, 2.75) is 13.3 Å². The van der Waals surface area contributed by atoms with E-state index in [0.29, 0.717) is 6.54 Å². The fourth-order valence-electron chi connectivity index (χ4n) is 1.10. The van der Waals surface area contributed by atoms with E-state index >= 15 is 0 Å². The van der Waals surface area contributed by atoms with Gasteiger partial charge in [-0.25, -0.2) is 0 Å². The first-order chi connectivity index (χ1) is 7.25. The molecule has 0 saturated heterocycles. The molecule has 1 aromatic heterocycles. The highest BCUT2D eigenvalue weighted by atomic mass is 79.9. The van der Waals surface area contributed by atoms with Crippen LogP contribution < -0.4 is 10.6 Å². The molecule has 0 spiro atoms. The zero-order valence-electron chi connectivity index (χ0n) is 8.68. The Morgan fingerprint density at radius 2 is 2.27 bits per heavy atom. The van der Waals surface area contributed by atoms with Crippen LogP contribution in [-0.2, 0) is 0 Å². The fraction of sp³-hybridized carbons (Fsp3) is 0.500. The molecule has 15 heavy (non-hydrogen) atoms. The van der Waals surface area contributed by atoms with Gasteiger partial charge in [0.15, 0.2) is 0 Å². The molecule has 0 fully saturated rings. The third-order valence-electron chi connectivity index (χ3n) is 1.84. The van der Waals surface area contributed by atoms with Crippen LogP contribution in [0, 0.1) is 0 Å². The highest BCUT2D eigenvalue weighted by Crippen LogP contribution is 2.21. The van der Waals surface area contributed by atoms with E-state index in [0.717, 1.165) is 28.9 Å². The van der Waals surface area contributed by atoms with Crippen molar-refractivity contribution in [2.24, 2.45) is 0 Å². The summed E-state index contributed by atoms with van der Waals surface area (Å²) in [5.74, 6) is -0.00447. The molecule has 1 amide bonds. The molecule has 0 aliphatic rings. The van der Waals surface area contributed by atoms with E-state index in [2.05, 4.69) is 33.5 Å². The maximum absolute atomic E-state index is 11.6. The monoisotopic (exact) mass is 290 g/mol. The summed E-state index contributed by atoms with van der Waals surface area (Å²) in [5, 5.41) is 7.99. The molecule has 2 N–H and O–H groups in total. The van der Waals surface area contributed by atoms with Gasteiger partial charge in [0, 0.05) is 17.6 Å². The number of halogens is 1. The zero-order chi connectivity index (χ0) is 11.1. The minimum absolute atomic E-state index is 0.00447. The molecule has 0 aliphatic heterocycles. The van der Waals surface area contributed by atoms with Crippen molar-refractivity contribution in [2.75, 3.05) is 19.6 Å². The molecule has 0 radical (unpaired) electrons. The van der Waals surface area contributed by atoms with E-state index in [1.54, 1.807) is 0 Å². The van der Waals surface area contributed by atoms with Gasteiger partial charge in [-0.1, -0.05) is 6.92 Å². The van der Waals surface area contributed by atoms with Crippen molar-refractivity contribution >= 4 is 33.2 Å². The summed E-state index contributed by atoms with van der Waals surface area (Å²) in [4.78, 5) is 12.3. The van der Waals surface area contributed by atoms with Gasteiger partial charge >= 0.3 is 0 Å². The summed E-state index contributed by atoms with van der Waals surface area (Å²) in [6.45, 7) is 4.61. The van der Waals surface area contributed by atoms with Gasteiger partial charge in [-0.05, 0) is 40.3 Å². The molecule has 1 heterocycles. The second kappa shape index (κ2) is 6.98. The van der Waals surface area contributed by atoms with Crippen molar-refractivity contribution < 1.29 is 4.79 Å². The summed E-state index contributed by atoms with van der Waals surface area (Å²) in [5.41, 5.74) is 0. The predicted molar refractivity (Wildman–Crippen MR) is 67.5 cm³/mol. The second-order valence-corrected chi connectivity index (χ2v) is 4.87. The first kappa shape index (κ1) is 12.7. The Balaban J connectivity index is 2.22. The number of rotatable bonds is 6. The van der Waals surface area contributed by atoms with E-state index in [1.807, 2.05) is 11.4 Å². The Morgan fingerprint density at radius 3 is 2.87 bits per heavy atom. The van der Waals surface area contributed by atoms with Crippen LogP contribution in [0.2, 0.25) is 0 Å². The highest BCUT2D eigenvalue weighted by molar-refractivity contribution is 9.10. The minimum Gasteiger partial charge on any atom is -0.350 e. The smallest absolute Gasteiger partial charge is 0.262 e. The fourth-order valence-corrected chi connectivity index (χ4v) is 2.57. The van der Waals surface area contributed by atoms with E-state index < -0.39 is 0 Å². The number of hydrogen-bond acceptors (Lipinski definition) is 3. The second-order valence-electron chi connectivity index (χ2n) is 3.10. The lowest BCUT2D eigenvalue weighted by Crippen LogP contribution is -2.31. The van der Waals surface area contributed by atoms with Crippen LogP contribution in [0.5, 0.6) is 0 Å². The topological polar surface area (TPSA) is 41.1 Å². The molecule has 0 saturated carbocycles. The Morgan fingerprint density at radius 1 is 1.47 bits per heavy atom. The Kier molecular flexibility index (Phi) is 5.90. The Hall–Kier alpha value is -0.390. The number of amides is 1. The number of carbonyl (C=O) groups excluding carboxylic acids is 1. The molecule has 3 nitrogen and oxygen atoms in total.